The molecular weight excluding hydrogens is 346 g/mol. The Bertz CT molecular complexity index is 727. The second-order valence-corrected chi connectivity index (χ2v) is 7.27. The Kier molecular flexibility index (Phi) is 5.50. The van der Waals surface area contributed by atoms with Gasteiger partial charge in [-0.2, -0.15) is 0 Å². The molecule has 2 aromatic heterocycles. The van der Waals surface area contributed by atoms with Crippen molar-refractivity contribution in [3.63, 3.8) is 0 Å². The second kappa shape index (κ2) is 8.19. The maximum absolute atomic E-state index is 12.5. The first-order chi connectivity index (χ1) is 13.3. The second-order valence-electron chi connectivity index (χ2n) is 7.27. The molecule has 2 aliphatic rings. The zero-order valence-electron chi connectivity index (χ0n) is 15.4. The van der Waals surface area contributed by atoms with Gasteiger partial charge in [0.2, 0.25) is 0 Å². The molecule has 0 aromatic carbocycles. The molecule has 0 unspecified atom stereocenters. The highest BCUT2D eigenvalue weighted by Crippen LogP contribution is 2.42. The van der Waals surface area contributed by atoms with Crippen LogP contribution in [0.4, 0.5) is 0 Å². The molecule has 1 atom stereocenters. The predicted octanol–water partition coefficient (Wildman–Crippen LogP) is 2.69. The monoisotopic (exact) mass is 371 g/mol. The lowest BCUT2D eigenvalue weighted by Gasteiger charge is -2.42. The van der Waals surface area contributed by atoms with Crippen LogP contribution in [0.1, 0.15) is 41.7 Å². The van der Waals surface area contributed by atoms with E-state index in [2.05, 4.69) is 10.1 Å². The molecule has 4 heterocycles. The molecule has 0 radical (unpaired) electrons. The molecule has 4 rings (SSSR count). The van der Waals surface area contributed by atoms with Crippen LogP contribution in [0.15, 0.2) is 41.4 Å². The van der Waals surface area contributed by atoms with E-state index in [1.807, 2.05) is 23.1 Å². The van der Waals surface area contributed by atoms with Gasteiger partial charge in [-0.1, -0.05) is 11.2 Å². The minimum atomic E-state index is -0.111. The Labute approximate surface area is 158 Å². The van der Waals surface area contributed by atoms with Gasteiger partial charge in [0.25, 0.3) is 5.91 Å². The largest absolute Gasteiger partial charge is 0.375 e. The van der Waals surface area contributed by atoms with Gasteiger partial charge in [0.15, 0.2) is 0 Å². The summed E-state index contributed by atoms with van der Waals surface area (Å²) < 4.78 is 16.8. The maximum Gasteiger partial charge on any atom is 0.258 e. The Hall–Kier alpha value is -2.25. The molecular formula is C20H25N3O4. The van der Waals surface area contributed by atoms with E-state index in [1.165, 1.54) is 12.5 Å². The minimum Gasteiger partial charge on any atom is -0.375 e. The van der Waals surface area contributed by atoms with Gasteiger partial charge in [-0.25, -0.2) is 0 Å². The number of aromatic nitrogens is 2. The van der Waals surface area contributed by atoms with Gasteiger partial charge in [-0.15, -0.1) is 0 Å². The molecule has 2 saturated heterocycles. The lowest BCUT2D eigenvalue weighted by Crippen LogP contribution is -2.49. The maximum atomic E-state index is 12.5. The van der Waals surface area contributed by atoms with Crippen molar-refractivity contribution >= 4 is 5.91 Å². The molecule has 0 N–H and O–H groups in total. The lowest BCUT2D eigenvalue weighted by atomic mass is 9.78. The molecule has 2 aromatic rings. The van der Waals surface area contributed by atoms with Gasteiger partial charge >= 0.3 is 0 Å². The van der Waals surface area contributed by atoms with E-state index in [9.17, 15) is 4.79 Å². The molecule has 0 saturated carbocycles. The highest BCUT2D eigenvalue weighted by molar-refractivity contribution is 5.93. The van der Waals surface area contributed by atoms with Crippen LogP contribution in [0.2, 0.25) is 0 Å². The number of likely N-dealkylation sites (tertiary alicyclic amines) is 1. The van der Waals surface area contributed by atoms with Crippen LogP contribution in [-0.2, 0) is 16.1 Å². The van der Waals surface area contributed by atoms with Crippen molar-refractivity contribution in [3.05, 3.63) is 48.1 Å². The van der Waals surface area contributed by atoms with Crippen LogP contribution in [0.25, 0.3) is 0 Å². The molecule has 0 bridgehead atoms. The fourth-order valence-corrected chi connectivity index (χ4v) is 4.21. The number of carbonyl (C=O) groups is 1. The highest BCUT2D eigenvalue weighted by Gasteiger charge is 2.46. The first-order valence-electron chi connectivity index (χ1n) is 9.57. The summed E-state index contributed by atoms with van der Waals surface area (Å²) >= 11 is 0. The topological polar surface area (TPSA) is 77.7 Å². The molecule has 27 heavy (non-hydrogen) atoms. The van der Waals surface area contributed by atoms with Crippen molar-refractivity contribution in [3.8, 4) is 0 Å². The van der Waals surface area contributed by atoms with Gasteiger partial charge in [-0.3, -0.25) is 9.78 Å². The van der Waals surface area contributed by atoms with Crippen LogP contribution in [0.5, 0.6) is 0 Å². The van der Waals surface area contributed by atoms with Crippen LogP contribution >= 0.6 is 0 Å². The van der Waals surface area contributed by atoms with Gasteiger partial charge in [0, 0.05) is 32.5 Å². The third-order valence-electron chi connectivity index (χ3n) is 5.76. The van der Waals surface area contributed by atoms with Crippen molar-refractivity contribution in [1.29, 1.82) is 0 Å². The smallest absolute Gasteiger partial charge is 0.258 e. The Morgan fingerprint density at radius 3 is 2.96 bits per heavy atom. The van der Waals surface area contributed by atoms with E-state index in [4.69, 9.17) is 14.0 Å². The quantitative estimate of drug-likeness (QED) is 0.727. The highest BCUT2D eigenvalue weighted by atomic mass is 16.5. The first kappa shape index (κ1) is 18.1. The van der Waals surface area contributed by atoms with Crippen molar-refractivity contribution in [2.75, 3.05) is 26.3 Å². The number of hydrogen-bond donors (Lipinski definition) is 0. The Balaban J connectivity index is 1.26. The van der Waals surface area contributed by atoms with Crippen LogP contribution in [0.3, 0.4) is 0 Å². The number of piperidine rings is 1. The zero-order chi connectivity index (χ0) is 18.5. The number of nitrogens with zero attached hydrogens (tertiary/aromatic N) is 3. The number of rotatable bonds is 6. The van der Waals surface area contributed by atoms with Crippen LogP contribution in [-0.4, -0.2) is 52.9 Å². The third-order valence-corrected chi connectivity index (χ3v) is 5.76. The average molecular weight is 371 g/mol. The summed E-state index contributed by atoms with van der Waals surface area (Å²) in [6.07, 6.45) is 8.44. The van der Waals surface area contributed by atoms with Crippen molar-refractivity contribution in [1.82, 2.24) is 15.0 Å². The van der Waals surface area contributed by atoms with E-state index in [1.54, 1.807) is 6.20 Å². The summed E-state index contributed by atoms with van der Waals surface area (Å²) in [5.74, 6) is 0.466. The summed E-state index contributed by atoms with van der Waals surface area (Å²) in [6, 6.07) is 5.85. The van der Waals surface area contributed by atoms with E-state index in [0.717, 1.165) is 38.0 Å². The summed E-state index contributed by atoms with van der Waals surface area (Å²) in [6.45, 7) is 3.45. The van der Waals surface area contributed by atoms with E-state index >= 15 is 0 Å². The standard InChI is InChI=1S/C20H25N3O4/c24-19(16-13-22-27-14-16)23-9-6-20(7-10-23)17(5-12-26-20)4-11-25-15-18-3-1-2-8-21-18/h1-3,8,13-14,17H,4-7,9-12,15H2/t17-/m1/s1. The van der Waals surface area contributed by atoms with Crippen molar-refractivity contribution in [2.45, 2.75) is 37.9 Å². The number of carbonyl (C=O) groups excluding carboxylic acids is 1. The summed E-state index contributed by atoms with van der Waals surface area (Å²) in [5, 5.41) is 3.62. The molecule has 0 aliphatic carbocycles. The summed E-state index contributed by atoms with van der Waals surface area (Å²) in [7, 11) is 0. The van der Waals surface area contributed by atoms with Crippen LogP contribution in [0, 0.1) is 5.92 Å². The number of ether oxygens (including phenoxy) is 2. The summed E-state index contributed by atoms with van der Waals surface area (Å²) in [5.41, 5.74) is 1.35. The summed E-state index contributed by atoms with van der Waals surface area (Å²) in [4.78, 5) is 18.6. The molecule has 2 aliphatic heterocycles. The van der Waals surface area contributed by atoms with Gasteiger partial charge in [0.1, 0.15) is 6.26 Å². The van der Waals surface area contributed by atoms with Crippen molar-refractivity contribution < 1.29 is 18.8 Å². The average Bonchev–Trinajstić information content (AvgIpc) is 3.37. The van der Waals surface area contributed by atoms with Crippen molar-refractivity contribution in [2.24, 2.45) is 5.92 Å². The van der Waals surface area contributed by atoms with Gasteiger partial charge in [-0.05, 0) is 43.7 Å². The predicted molar refractivity (Wildman–Crippen MR) is 96.9 cm³/mol. The molecule has 144 valence electrons. The fraction of sp³-hybridized carbons (Fsp3) is 0.550. The number of pyridine rings is 1. The SMILES string of the molecule is O=C(c1cnoc1)N1CCC2(CC1)OCC[C@H]2CCOCc1ccccn1. The van der Waals surface area contributed by atoms with E-state index < -0.39 is 0 Å². The van der Waals surface area contributed by atoms with E-state index in [-0.39, 0.29) is 11.5 Å². The zero-order valence-corrected chi connectivity index (χ0v) is 15.4. The Morgan fingerprint density at radius 1 is 1.33 bits per heavy atom. The molecule has 7 nitrogen and oxygen atoms in total. The first-order valence-corrected chi connectivity index (χ1v) is 9.57. The third kappa shape index (κ3) is 4.04. The molecule has 1 spiro atoms. The number of amides is 1. The number of hydrogen-bond acceptors (Lipinski definition) is 6. The lowest BCUT2D eigenvalue weighted by molar-refractivity contribution is -0.0675. The molecule has 2 fully saturated rings. The minimum absolute atomic E-state index is 0.0145. The van der Waals surface area contributed by atoms with Crippen LogP contribution < -0.4 is 0 Å². The fourth-order valence-electron chi connectivity index (χ4n) is 4.21. The molecule has 1 amide bonds. The molecule has 7 heteroatoms. The van der Waals surface area contributed by atoms with Gasteiger partial charge < -0.3 is 18.9 Å². The van der Waals surface area contributed by atoms with E-state index in [0.29, 0.717) is 37.8 Å². The Morgan fingerprint density at radius 2 is 2.22 bits per heavy atom. The van der Waals surface area contributed by atoms with Gasteiger partial charge in [0.05, 0.1) is 29.7 Å². The normalized spacial score (nSPS) is 21.6.